The van der Waals surface area contributed by atoms with Crippen molar-refractivity contribution >= 4 is 10.7 Å². The molecule has 4 nitrogen and oxygen atoms in total. The average Bonchev–Trinajstić information content (AvgIpc) is 2.27. The zero-order valence-electron chi connectivity index (χ0n) is 8.46. The van der Waals surface area contributed by atoms with Crippen LogP contribution in [0.1, 0.15) is 29.3 Å². The summed E-state index contributed by atoms with van der Waals surface area (Å²) >= 11 is 0. The average molecular weight is 229 g/mol. The van der Waals surface area contributed by atoms with Crippen molar-refractivity contribution in [1.82, 2.24) is 0 Å². The maximum absolute atomic E-state index is 10.7. The first-order chi connectivity index (χ1) is 7.06. The number of benzene rings is 1. The molecule has 0 saturated carbocycles. The fourth-order valence-corrected chi connectivity index (χ4v) is 1.66. The SMILES string of the molecule is CC(c1ccc([C@@H](N)CO)cc1)[SH](=O)=O. The van der Waals surface area contributed by atoms with Crippen LogP contribution in [0.2, 0.25) is 0 Å². The molecule has 0 aliphatic rings. The van der Waals surface area contributed by atoms with Gasteiger partial charge in [0, 0.05) is 0 Å². The van der Waals surface area contributed by atoms with Crippen LogP contribution in [0.3, 0.4) is 0 Å². The van der Waals surface area contributed by atoms with Crippen LogP contribution >= 0.6 is 0 Å². The van der Waals surface area contributed by atoms with Crippen LogP contribution in [-0.2, 0) is 10.7 Å². The van der Waals surface area contributed by atoms with E-state index in [1.54, 1.807) is 31.2 Å². The Bertz CT molecular complexity index is 378. The van der Waals surface area contributed by atoms with E-state index in [9.17, 15) is 8.42 Å². The normalized spacial score (nSPS) is 15.2. The first-order valence-corrected chi connectivity index (χ1v) is 5.90. The lowest BCUT2D eigenvalue weighted by Crippen LogP contribution is -2.14. The van der Waals surface area contributed by atoms with Crippen LogP contribution in [0, 0.1) is 0 Å². The van der Waals surface area contributed by atoms with Crippen LogP contribution in [0.4, 0.5) is 0 Å². The molecule has 1 unspecified atom stereocenters. The second-order valence-corrected chi connectivity index (χ2v) is 4.76. The third-order valence-corrected chi connectivity index (χ3v) is 3.29. The standard InChI is InChI=1S/C10H15NO3S/c1-7(15(13)14)8-2-4-9(5-3-8)10(11)6-12/h2-5,7,10,12,15H,6,11H2,1H3/t7?,10-/m0/s1. The fraction of sp³-hybridized carbons (Fsp3) is 0.400. The monoisotopic (exact) mass is 229 g/mol. The Balaban J connectivity index is 2.90. The van der Waals surface area contributed by atoms with Crippen molar-refractivity contribution in [1.29, 1.82) is 0 Å². The van der Waals surface area contributed by atoms with E-state index in [-0.39, 0.29) is 6.61 Å². The summed E-state index contributed by atoms with van der Waals surface area (Å²) < 4.78 is 21.5. The number of aliphatic hydroxyl groups is 1. The highest BCUT2D eigenvalue weighted by Gasteiger charge is 2.09. The van der Waals surface area contributed by atoms with Gasteiger partial charge >= 0.3 is 0 Å². The van der Waals surface area contributed by atoms with Gasteiger partial charge in [-0.3, -0.25) is 0 Å². The summed E-state index contributed by atoms with van der Waals surface area (Å²) in [5.41, 5.74) is 7.15. The van der Waals surface area contributed by atoms with E-state index in [4.69, 9.17) is 10.8 Å². The highest BCUT2D eigenvalue weighted by atomic mass is 32.2. The van der Waals surface area contributed by atoms with E-state index in [0.717, 1.165) is 11.1 Å². The number of nitrogens with two attached hydrogens (primary N) is 1. The fourth-order valence-electron chi connectivity index (χ4n) is 1.25. The number of aliphatic hydroxyl groups excluding tert-OH is 1. The molecule has 0 aromatic heterocycles. The molecule has 0 amide bonds. The molecule has 0 heterocycles. The molecule has 0 spiro atoms. The van der Waals surface area contributed by atoms with Gasteiger partial charge in [-0.15, -0.1) is 0 Å². The molecular weight excluding hydrogens is 214 g/mol. The topological polar surface area (TPSA) is 80.4 Å². The van der Waals surface area contributed by atoms with Crippen LogP contribution < -0.4 is 5.73 Å². The minimum Gasteiger partial charge on any atom is -0.394 e. The van der Waals surface area contributed by atoms with Gasteiger partial charge in [-0.05, 0) is 18.1 Å². The Kier molecular flexibility index (Phi) is 4.26. The van der Waals surface area contributed by atoms with Gasteiger partial charge in [0.1, 0.15) is 10.7 Å². The smallest absolute Gasteiger partial charge is 0.146 e. The summed E-state index contributed by atoms with van der Waals surface area (Å²) in [5.74, 6) is 0. The van der Waals surface area contributed by atoms with Gasteiger partial charge in [-0.2, -0.15) is 0 Å². The maximum Gasteiger partial charge on any atom is 0.146 e. The molecule has 0 aliphatic carbocycles. The third-order valence-electron chi connectivity index (χ3n) is 2.36. The minimum absolute atomic E-state index is 0.120. The van der Waals surface area contributed by atoms with Gasteiger partial charge < -0.3 is 10.8 Å². The summed E-state index contributed by atoms with van der Waals surface area (Å²) in [5, 5.41) is 8.35. The van der Waals surface area contributed by atoms with Crippen molar-refractivity contribution < 1.29 is 13.5 Å². The molecule has 3 N–H and O–H groups in total. The molecule has 1 aromatic rings. The lowest BCUT2D eigenvalue weighted by molar-refractivity contribution is 0.268. The molecule has 0 fully saturated rings. The minimum atomic E-state index is -2.45. The van der Waals surface area contributed by atoms with E-state index in [0.29, 0.717) is 0 Å². The van der Waals surface area contributed by atoms with E-state index < -0.39 is 22.0 Å². The van der Waals surface area contributed by atoms with E-state index >= 15 is 0 Å². The molecule has 0 bridgehead atoms. The zero-order valence-corrected chi connectivity index (χ0v) is 9.35. The Morgan fingerprint density at radius 2 is 1.73 bits per heavy atom. The van der Waals surface area contributed by atoms with Crippen molar-refractivity contribution in [3.8, 4) is 0 Å². The van der Waals surface area contributed by atoms with Crippen LogP contribution in [0.25, 0.3) is 0 Å². The Labute approximate surface area is 90.7 Å². The van der Waals surface area contributed by atoms with Crippen LogP contribution in [-0.4, -0.2) is 20.1 Å². The first kappa shape index (κ1) is 12.2. The first-order valence-electron chi connectivity index (χ1n) is 4.66. The molecule has 0 saturated heterocycles. The molecule has 0 aliphatic heterocycles. The second kappa shape index (κ2) is 5.25. The van der Waals surface area contributed by atoms with Crippen molar-refractivity contribution in [2.45, 2.75) is 18.2 Å². The van der Waals surface area contributed by atoms with Crippen molar-refractivity contribution in [2.75, 3.05) is 6.61 Å². The third kappa shape index (κ3) is 3.02. The summed E-state index contributed by atoms with van der Waals surface area (Å²) in [6.07, 6.45) is 0. The van der Waals surface area contributed by atoms with E-state index in [2.05, 4.69) is 0 Å². The molecule has 15 heavy (non-hydrogen) atoms. The van der Waals surface area contributed by atoms with Crippen LogP contribution in [0.15, 0.2) is 24.3 Å². The number of rotatable bonds is 4. The van der Waals surface area contributed by atoms with Gasteiger partial charge in [-0.1, -0.05) is 24.3 Å². The second-order valence-electron chi connectivity index (χ2n) is 3.42. The van der Waals surface area contributed by atoms with Crippen molar-refractivity contribution in [3.63, 3.8) is 0 Å². The van der Waals surface area contributed by atoms with Gasteiger partial charge in [0.15, 0.2) is 0 Å². The van der Waals surface area contributed by atoms with Crippen molar-refractivity contribution in [2.24, 2.45) is 5.73 Å². The Morgan fingerprint density at radius 3 is 2.13 bits per heavy atom. The number of hydrogen-bond acceptors (Lipinski definition) is 4. The molecule has 5 heteroatoms. The predicted molar refractivity (Wildman–Crippen MR) is 59.2 cm³/mol. The molecule has 0 radical (unpaired) electrons. The highest BCUT2D eigenvalue weighted by Crippen LogP contribution is 2.18. The number of hydrogen-bond donors (Lipinski definition) is 3. The molecule has 84 valence electrons. The quantitative estimate of drug-likeness (QED) is 0.651. The van der Waals surface area contributed by atoms with E-state index in [1.165, 1.54) is 0 Å². The van der Waals surface area contributed by atoms with Gasteiger partial charge in [0.2, 0.25) is 0 Å². The van der Waals surface area contributed by atoms with Crippen molar-refractivity contribution in [3.05, 3.63) is 35.4 Å². The van der Waals surface area contributed by atoms with E-state index in [1.807, 2.05) is 0 Å². The van der Waals surface area contributed by atoms with Crippen LogP contribution in [0.5, 0.6) is 0 Å². The Morgan fingerprint density at radius 1 is 1.27 bits per heavy atom. The lowest BCUT2D eigenvalue weighted by Gasteiger charge is -2.10. The summed E-state index contributed by atoms with van der Waals surface area (Å²) in [6, 6.07) is 6.52. The largest absolute Gasteiger partial charge is 0.394 e. The maximum atomic E-state index is 10.7. The molecule has 1 aromatic carbocycles. The van der Waals surface area contributed by atoms with Gasteiger partial charge in [-0.25, -0.2) is 8.42 Å². The molecule has 2 atom stereocenters. The predicted octanol–water partition coefficient (Wildman–Crippen LogP) is 0.351. The molecular formula is C10H15NO3S. The highest BCUT2D eigenvalue weighted by molar-refractivity contribution is 7.72. The zero-order chi connectivity index (χ0) is 11.4. The Hall–Kier alpha value is -0.910. The summed E-state index contributed by atoms with van der Waals surface area (Å²) in [4.78, 5) is 0. The number of thiol groups is 1. The summed E-state index contributed by atoms with van der Waals surface area (Å²) in [7, 11) is -2.45. The lowest BCUT2D eigenvalue weighted by atomic mass is 10.1. The molecule has 1 rings (SSSR count). The van der Waals surface area contributed by atoms with Gasteiger partial charge in [0.05, 0.1) is 17.9 Å². The summed E-state index contributed by atoms with van der Waals surface area (Å²) in [6.45, 7) is 1.51. The van der Waals surface area contributed by atoms with Gasteiger partial charge in [0.25, 0.3) is 0 Å².